The summed E-state index contributed by atoms with van der Waals surface area (Å²) in [5, 5.41) is 12.8. The third-order valence-corrected chi connectivity index (χ3v) is 2.83. The molecule has 0 saturated heterocycles. The van der Waals surface area contributed by atoms with E-state index in [9.17, 15) is 14.7 Å². The first-order valence-electron chi connectivity index (χ1n) is 6.43. The molecule has 11 heteroatoms. The fraction of sp³-hybridized carbons (Fsp3) is 0.545. The van der Waals surface area contributed by atoms with Crippen LogP contribution in [0.3, 0.4) is 0 Å². The van der Waals surface area contributed by atoms with Gasteiger partial charge in [0, 0.05) is 6.42 Å². The Morgan fingerprint density at radius 1 is 1.55 bits per heavy atom. The zero-order chi connectivity index (χ0) is 16.1. The summed E-state index contributed by atoms with van der Waals surface area (Å²) in [7, 11) is 1.21. The van der Waals surface area contributed by atoms with Gasteiger partial charge >= 0.3 is 6.16 Å². The van der Waals surface area contributed by atoms with E-state index in [0.29, 0.717) is 6.42 Å². The smallest absolute Gasteiger partial charge is 0.438 e. The molecule has 11 nitrogen and oxygen atoms in total. The van der Waals surface area contributed by atoms with Crippen LogP contribution in [0.25, 0.3) is 0 Å². The van der Waals surface area contributed by atoms with E-state index in [2.05, 4.69) is 24.8 Å². The summed E-state index contributed by atoms with van der Waals surface area (Å²) in [5.41, 5.74) is 5.26. The molecule has 1 aromatic heterocycles. The van der Waals surface area contributed by atoms with Crippen molar-refractivity contribution in [3.8, 4) is 0 Å². The molecule has 0 bridgehead atoms. The number of rotatable bonds is 6. The Morgan fingerprint density at radius 2 is 2.32 bits per heavy atom. The number of methoxy groups -OCH3 is 1. The maximum Gasteiger partial charge on any atom is 0.507 e. The number of ether oxygens (including phenoxy) is 3. The van der Waals surface area contributed by atoms with Gasteiger partial charge in [0.15, 0.2) is 5.82 Å². The predicted octanol–water partition coefficient (Wildman–Crippen LogP) is -0.993. The first-order chi connectivity index (χ1) is 10.5. The highest BCUT2D eigenvalue weighted by atomic mass is 16.7. The Morgan fingerprint density at radius 3 is 3.05 bits per heavy atom. The normalized spacial score (nSPS) is 14.2. The zero-order valence-electron chi connectivity index (χ0n) is 11.9. The monoisotopic (exact) mass is 315 g/mol. The minimum Gasteiger partial charge on any atom is -0.438 e. The SMILES string of the molecule is COC(=O)OCCCOC(O)N1CNc2c1nc(N)[nH]c2=O. The lowest BCUT2D eigenvalue weighted by atomic mass is 10.4. The van der Waals surface area contributed by atoms with Crippen LogP contribution in [0.15, 0.2) is 4.79 Å². The number of hydrogen-bond acceptors (Lipinski definition) is 10. The van der Waals surface area contributed by atoms with Gasteiger partial charge in [0.05, 0.1) is 27.0 Å². The first-order valence-corrected chi connectivity index (χ1v) is 6.43. The number of nitrogen functional groups attached to an aromatic ring is 1. The highest BCUT2D eigenvalue weighted by Crippen LogP contribution is 2.27. The van der Waals surface area contributed by atoms with Gasteiger partial charge in [0.1, 0.15) is 5.69 Å². The Hall–Kier alpha value is -2.53. The summed E-state index contributed by atoms with van der Waals surface area (Å²) in [6.45, 7) is 0.371. The minimum absolute atomic E-state index is 0.0591. The maximum absolute atomic E-state index is 11.6. The molecule has 0 aromatic carbocycles. The second kappa shape index (κ2) is 6.95. The van der Waals surface area contributed by atoms with Gasteiger partial charge in [-0.3, -0.25) is 14.7 Å². The fourth-order valence-electron chi connectivity index (χ4n) is 1.82. The molecule has 1 aliphatic rings. The average Bonchev–Trinajstić information content (AvgIpc) is 2.90. The number of fused-ring (bicyclic) bond motifs is 1. The summed E-state index contributed by atoms with van der Waals surface area (Å²) >= 11 is 0. The Bertz CT molecular complexity index is 591. The van der Waals surface area contributed by atoms with Gasteiger partial charge < -0.3 is 30.4 Å². The van der Waals surface area contributed by atoms with E-state index in [4.69, 9.17) is 10.5 Å². The van der Waals surface area contributed by atoms with Gasteiger partial charge in [-0.2, -0.15) is 4.98 Å². The Labute approximate surface area is 125 Å². The van der Waals surface area contributed by atoms with Crippen LogP contribution in [0.4, 0.5) is 22.2 Å². The molecule has 5 N–H and O–H groups in total. The van der Waals surface area contributed by atoms with Crippen LogP contribution in [0.2, 0.25) is 0 Å². The molecule has 1 atom stereocenters. The number of aromatic amines is 1. The van der Waals surface area contributed by atoms with Crippen LogP contribution in [0.1, 0.15) is 6.42 Å². The minimum atomic E-state index is -1.32. The number of H-pyrrole nitrogens is 1. The van der Waals surface area contributed by atoms with Gasteiger partial charge in [-0.15, -0.1) is 0 Å². The van der Waals surface area contributed by atoms with Gasteiger partial charge in [-0.1, -0.05) is 0 Å². The number of aromatic nitrogens is 2. The van der Waals surface area contributed by atoms with Crippen molar-refractivity contribution in [1.29, 1.82) is 0 Å². The van der Waals surface area contributed by atoms with Gasteiger partial charge in [0.25, 0.3) is 5.56 Å². The van der Waals surface area contributed by atoms with Crippen molar-refractivity contribution in [1.82, 2.24) is 9.97 Å². The summed E-state index contributed by atoms with van der Waals surface area (Å²) in [6.07, 6.45) is -1.73. The number of nitrogens with one attached hydrogen (secondary N) is 2. The van der Waals surface area contributed by atoms with Crippen LogP contribution in [0, 0.1) is 0 Å². The summed E-state index contributed by atoms with van der Waals surface area (Å²) < 4.78 is 14.2. The number of hydrogen-bond donors (Lipinski definition) is 4. The van der Waals surface area contributed by atoms with Crippen molar-refractivity contribution in [2.24, 2.45) is 0 Å². The molecule has 1 aliphatic heterocycles. The van der Waals surface area contributed by atoms with Gasteiger partial charge in [-0.05, 0) is 0 Å². The molecule has 2 heterocycles. The number of carbonyl (C=O) groups excluding carboxylic acids is 1. The third-order valence-electron chi connectivity index (χ3n) is 2.83. The molecule has 1 aromatic rings. The standard InChI is InChI=1S/C11H17N5O6/c1-20-11(19)22-4-2-3-21-10(18)16-5-13-6-7(16)14-9(12)15-8(6)17/h10,13,18H,2-5H2,1H3,(H3,12,14,15,17). The molecule has 0 aliphatic carbocycles. The van der Waals surface area contributed by atoms with Crippen LogP contribution in [0.5, 0.6) is 0 Å². The van der Waals surface area contributed by atoms with Crippen molar-refractivity contribution in [2.45, 2.75) is 12.8 Å². The molecule has 0 spiro atoms. The van der Waals surface area contributed by atoms with E-state index >= 15 is 0 Å². The Balaban J connectivity index is 1.84. The summed E-state index contributed by atoms with van der Waals surface area (Å²) in [4.78, 5) is 30.0. The lowest BCUT2D eigenvalue weighted by molar-refractivity contribution is -0.101. The molecule has 0 radical (unpaired) electrons. The fourth-order valence-corrected chi connectivity index (χ4v) is 1.82. The quantitative estimate of drug-likeness (QED) is 0.292. The highest BCUT2D eigenvalue weighted by Gasteiger charge is 2.29. The number of nitrogens with two attached hydrogens (primary N) is 1. The molecule has 0 saturated carbocycles. The average molecular weight is 315 g/mol. The van der Waals surface area contributed by atoms with E-state index in [1.165, 1.54) is 12.0 Å². The number of aliphatic hydroxyl groups is 1. The van der Waals surface area contributed by atoms with Crippen molar-refractivity contribution in [3.05, 3.63) is 10.4 Å². The zero-order valence-corrected chi connectivity index (χ0v) is 11.9. The van der Waals surface area contributed by atoms with Crippen molar-refractivity contribution in [3.63, 3.8) is 0 Å². The van der Waals surface area contributed by atoms with Crippen LogP contribution >= 0.6 is 0 Å². The third kappa shape index (κ3) is 3.56. The maximum atomic E-state index is 11.6. The van der Waals surface area contributed by atoms with Crippen LogP contribution in [-0.2, 0) is 14.2 Å². The van der Waals surface area contributed by atoms with Crippen molar-refractivity contribution in [2.75, 3.05) is 42.9 Å². The Kier molecular flexibility index (Phi) is 5.01. The van der Waals surface area contributed by atoms with E-state index < -0.39 is 18.1 Å². The molecular weight excluding hydrogens is 298 g/mol. The second-order valence-corrected chi connectivity index (χ2v) is 4.31. The number of anilines is 3. The topological polar surface area (TPSA) is 152 Å². The molecule has 2 rings (SSSR count). The summed E-state index contributed by atoms with van der Waals surface area (Å²) in [5.74, 6) is 0.149. The lowest BCUT2D eigenvalue weighted by Gasteiger charge is -2.23. The van der Waals surface area contributed by atoms with Gasteiger partial charge in [-0.25, -0.2) is 4.79 Å². The van der Waals surface area contributed by atoms with E-state index in [0.717, 1.165) is 0 Å². The first kappa shape index (κ1) is 15.9. The van der Waals surface area contributed by atoms with Crippen LogP contribution in [-0.4, -0.2) is 54.6 Å². The number of nitrogens with zero attached hydrogens (tertiary/aromatic N) is 2. The van der Waals surface area contributed by atoms with Crippen LogP contribution < -0.4 is 21.5 Å². The molecular formula is C11H17N5O6. The molecule has 0 fully saturated rings. The highest BCUT2D eigenvalue weighted by molar-refractivity contribution is 5.70. The molecule has 22 heavy (non-hydrogen) atoms. The van der Waals surface area contributed by atoms with E-state index in [-0.39, 0.29) is 37.3 Å². The second-order valence-electron chi connectivity index (χ2n) is 4.31. The number of aliphatic hydroxyl groups excluding tert-OH is 1. The van der Waals surface area contributed by atoms with Gasteiger partial charge in [0.2, 0.25) is 12.4 Å². The predicted molar refractivity (Wildman–Crippen MR) is 75.2 cm³/mol. The largest absolute Gasteiger partial charge is 0.507 e. The van der Waals surface area contributed by atoms with Crippen molar-refractivity contribution >= 4 is 23.6 Å². The van der Waals surface area contributed by atoms with E-state index in [1.54, 1.807) is 0 Å². The van der Waals surface area contributed by atoms with E-state index in [1.807, 2.05) is 0 Å². The molecule has 1 unspecified atom stereocenters. The lowest BCUT2D eigenvalue weighted by Crippen LogP contribution is -2.37. The molecule has 0 amide bonds. The summed E-state index contributed by atoms with van der Waals surface area (Å²) in [6, 6.07) is 0. The number of carbonyl (C=O) groups is 1. The van der Waals surface area contributed by atoms with Crippen molar-refractivity contribution < 1.29 is 24.1 Å². The molecule has 122 valence electrons.